The molecule has 0 aliphatic heterocycles. The Morgan fingerprint density at radius 1 is 0.298 bits per heavy atom. The van der Waals surface area contributed by atoms with Crippen LogP contribution in [-0.4, -0.2) is 65.7 Å². The fraction of sp³-hybridized carbons (Fsp3) is 0.333. The second kappa shape index (κ2) is 45.8. The van der Waals surface area contributed by atoms with E-state index in [0.717, 1.165) is 28.4 Å². The van der Waals surface area contributed by atoms with E-state index in [2.05, 4.69) is 0 Å². The van der Waals surface area contributed by atoms with Crippen molar-refractivity contribution in [3.63, 3.8) is 0 Å². The third kappa shape index (κ3) is 26.4. The molecule has 4 rings (SSSR count). The summed E-state index contributed by atoms with van der Waals surface area (Å²) in [6.07, 6.45) is 0. The van der Waals surface area contributed by atoms with Gasteiger partial charge in [-0.3, -0.25) is 0 Å². The van der Waals surface area contributed by atoms with E-state index in [1.807, 2.05) is 55.4 Å². The summed E-state index contributed by atoms with van der Waals surface area (Å²) in [7, 11) is -2.68. The minimum atomic E-state index is -3.34. The predicted molar refractivity (Wildman–Crippen MR) is 195 cm³/mol. The molecular weight excluding hydrogens is 713 g/mol. The van der Waals surface area contributed by atoms with Crippen LogP contribution < -0.4 is 0 Å². The molecule has 0 spiro atoms. The molecule has 267 valence electrons. The fourth-order valence-electron chi connectivity index (χ4n) is 2.67. The monoisotopic (exact) mass is 773 g/mol. The van der Waals surface area contributed by atoms with Crippen molar-refractivity contribution in [3.05, 3.63) is 121 Å². The molecule has 0 saturated heterocycles. The largest absolute Gasteiger partial charge is 0.400 e. The number of hydrogen-bond acceptors (Lipinski definition) is 8. The quantitative estimate of drug-likeness (QED) is 0.166. The van der Waals surface area contributed by atoms with Gasteiger partial charge in [0.15, 0.2) is 0 Å². The van der Waals surface area contributed by atoms with Crippen molar-refractivity contribution < 1.29 is 70.0 Å². The average molecular weight is 774 g/mol. The summed E-state index contributed by atoms with van der Waals surface area (Å²) in [5.74, 6) is 0. The van der Waals surface area contributed by atoms with Gasteiger partial charge in [0.05, 0.1) is 19.6 Å². The van der Waals surface area contributed by atoms with Gasteiger partial charge in [0.1, 0.15) is 0 Å². The molecule has 0 atom stereocenters. The SMILES string of the molecule is CC.CC.CC.CC.CO.CO.CO.CO.O=S(=O)(c1ccccc1)c1ccccc1.O=S(=O)(c1ccccc1)c1ccccc1.[Y]. The van der Waals surface area contributed by atoms with Crippen LogP contribution in [0.5, 0.6) is 0 Å². The third-order valence-corrected chi connectivity index (χ3v) is 7.79. The maximum Gasteiger partial charge on any atom is 0.206 e. The van der Waals surface area contributed by atoms with Crippen molar-refractivity contribution >= 4 is 19.7 Å². The van der Waals surface area contributed by atoms with Crippen LogP contribution in [0.2, 0.25) is 0 Å². The Morgan fingerprint density at radius 2 is 0.404 bits per heavy atom. The molecule has 0 aromatic heterocycles. The molecule has 0 aliphatic carbocycles. The first-order valence-corrected chi connectivity index (χ1v) is 17.9. The number of aliphatic hydroxyl groups excluding tert-OH is 4. The zero-order valence-corrected chi connectivity index (χ0v) is 34.8. The van der Waals surface area contributed by atoms with E-state index in [9.17, 15) is 16.8 Å². The minimum Gasteiger partial charge on any atom is -0.400 e. The zero-order chi connectivity index (χ0) is 37.5. The van der Waals surface area contributed by atoms with Crippen molar-refractivity contribution in [3.8, 4) is 0 Å². The number of benzene rings is 4. The van der Waals surface area contributed by atoms with Crippen LogP contribution in [0.4, 0.5) is 0 Å². The van der Waals surface area contributed by atoms with Gasteiger partial charge in [0, 0.05) is 61.1 Å². The van der Waals surface area contributed by atoms with E-state index in [0.29, 0.717) is 19.6 Å². The van der Waals surface area contributed by atoms with Gasteiger partial charge in [-0.2, -0.15) is 0 Å². The first-order valence-electron chi connectivity index (χ1n) is 14.9. The molecule has 8 nitrogen and oxygen atoms in total. The van der Waals surface area contributed by atoms with Crippen LogP contribution in [0.25, 0.3) is 0 Å². The number of sulfone groups is 2. The molecule has 0 unspecified atom stereocenters. The van der Waals surface area contributed by atoms with Gasteiger partial charge in [-0.1, -0.05) is 128 Å². The van der Waals surface area contributed by atoms with Gasteiger partial charge in [0.2, 0.25) is 19.7 Å². The predicted octanol–water partition coefficient (Wildman–Crippen LogP) is 7.58. The maximum atomic E-state index is 12.0. The van der Waals surface area contributed by atoms with E-state index in [1.165, 1.54) is 0 Å². The topological polar surface area (TPSA) is 149 Å². The molecular formula is C36H60O8S2Y. The Labute approximate surface area is 312 Å². The number of rotatable bonds is 4. The first-order chi connectivity index (χ1) is 22.4. The summed E-state index contributed by atoms with van der Waals surface area (Å²) in [5.41, 5.74) is 0. The van der Waals surface area contributed by atoms with Crippen LogP contribution in [0.1, 0.15) is 55.4 Å². The van der Waals surface area contributed by atoms with Crippen molar-refractivity contribution in [2.24, 2.45) is 0 Å². The summed E-state index contributed by atoms with van der Waals surface area (Å²) in [6.45, 7) is 16.0. The second-order valence-electron chi connectivity index (χ2n) is 6.26. The third-order valence-electron chi connectivity index (χ3n) is 4.21. The van der Waals surface area contributed by atoms with Gasteiger partial charge < -0.3 is 20.4 Å². The molecule has 0 heterocycles. The Morgan fingerprint density at radius 3 is 0.511 bits per heavy atom. The van der Waals surface area contributed by atoms with Crippen LogP contribution in [0.15, 0.2) is 141 Å². The molecule has 11 heteroatoms. The molecule has 4 aromatic carbocycles. The van der Waals surface area contributed by atoms with Gasteiger partial charge in [-0.25, -0.2) is 16.8 Å². The molecule has 0 aliphatic rings. The molecule has 1 radical (unpaired) electrons. The Bertz CT molecular complexity index is 1100. The van der Waals surface area contributed by atoms with Gasteiger partial charge >= 0.3 is 0 Å². The smallest absolute Gasteiger partial charge is 0.206 e. The van der Waals surface area contributed by atoms with E-state index in [1.54, 1.807) is 121 Å². The van der Waals surface area contributed by atoms with Crippen LogP contribution in [-0.2, 0) is 52.4 Å². The number of aliphatic hydroxyl groups is 4. The summed E-state index contributed by atoms with van der Waals surface area (Å²) >= 11 is 0. The molecule has 4 aromatic rings. The number of hydrogen-bond donors (Lipinski definition) is 4. The Kier molecular flexibility index (Phi) is 58.6. The summed E-state index contributed by atoms with van der Waals surface area (Å²) in [5, 5.41) is 28.0. The fourth-order valence-corrected chi connectivity index (χ4v) is 5.28. The van der Waals surface area contributed by atoms with Crippen LogP contribution in [0, 0.1) is 0 Å². The standard InChI is InChI=1S/2C12H10O2S.4C2H6.4CH4O.Y/c2*13-15(14,11-7-3-1-4-8-11)12-9-5-2-6-10-12;8*1-2;/h2*1-10H;4*1-2H3;4*2H,1H3;. The molecule has 47 heavy (non-hydrogen) atoms. The minimum absolute atomic E-state index is 0. The Balaban J connectivity index is -0.0000000942. The second-order valence-corrected chi connectivity index (χ2v) is 10.2. The van der Waals surface area contributed by atoms with E-state index >= 15 is 0 Å². The molecule has 4 N–H and O–H groups in total. The maximum absolute atomic E-state index is 12.0. The van der Waals surface area contributed by atoms with Crippen molar-refractivity contribution in [2.75, 3.05) is 28.4 Å². The van der Waals surface area contributed by atoms with Crippen LogP contribution in [0.3, 0.4) is 0 Å². The summed E-state index contributed by atoms with van der Waals surface area (Å²) in [6, 6.07) is 33.7. The summed E-state index contributed by atoms with van der Waals surface area (Å²) in [4.78, 5) is 1.32. The van der Waals surface area contributed by atoms with E-state index in [4.69, 9.17) is 20.4 Å². The van der Waals surface area contributed by atoms with E-state index in [-0.39, 0.29) is 32.7 Å². The van der Waals surface area contributed by atoms with Crippen molar-refractivity contribution in [1.29, 1.82) is 0 Å². The van der Waals surface area contributed by atoms with E-state index < -0.39 is 19.7 Å². The first kappa shape index (κ1) is 60.1. The average Bonchev–Trinajstić information content (AvgIpc) is 3.19. The zero-order valence-electron chi connectivity index (χ0n) is 30.4. The van der Waals surface area contributed by atoms with Gasteiger partial charge in [-0.05, 0) is 48.5 Å². The molecule has 0 fully saturated rings. The van der Waals surface area contributed by atoms with Gasteiger partial charge in [-0.15, -0.1) is 0 Å². The van der Waals surface area contributed by atoms with Crippen molar-refractivity contribution in [2.45, 2.75) is 75.0 Å². The summed E-state index contributed by atoms with van der Waals surface area (Å²) < 4.78 is 48.1. The van der Waals surface area contributed by atoms with Crippen LogP contribution >= 0.6 is 0 Å². The van der Waals surface area contributed by atoms with Crippen molar-refractivity contribution in [1.82, 2.24) is 0 Å². The van der Waals surface area contributed by atoms with Gasteiger partial charge in [0.25, 0.3) is 0 Å². The molecule has 0 saturated carbocycles. The Hall–Kier alpha value is -2.28. The molecule has 0 amide bonds. The normalized spacial score (nSPS) is 8.17. The molecule has 0 bridgehead atoms.